The molecule has 72 heavy (non-hydrogen) atoms. The second kappa shape index (κ2) is 29.0. The Bertz CT molecular complexity index is 1950. The molecule has 0 bridgehead atoms. The van der Waals surface area contributed by atoms with E-state index >= 15 is 0 Å². The summed E-state index contributed by atoms with van der Waals surface area (Å²) in [6.45, 7) is 18.2. The maximum atomic E-state index is 14.3. The molecule has 2 rings (SSSR count). The smallest absolute Gasteiger partial charge is 0.326 e. The molecular weight excluding hydrogens is 941 g/mol. The molecule has 0 aromatic heterocycles. The number of aliphatic hydroxyl groups is 1. The quantitative estimate of drug-likeness (QED) is 0.0435. The van der Waals surface area contributed by atoms with Gasteiger partial charge in [0, 0.05) is 13.1 Å². The Morgan fingerprint density at radius 1 is 0.583 bits per heavy atom. The fourth-order valence-corrected chi connectivity index (χ4v) is 8.52. The summed E-state index contributed by atoms with van der Waals surface area (Å²) in [5, 5.41) is 46.9. The molecule has 24 nitrogen and oxygen atoms in total. The van der Waals surface area contributed by atoms with Crippen LogP contribution < -0.4 is 43.0 Å². The number of carboxylic acid groups (broad SMARTS) is 2. The van der Waals surface area contributed by atoms with E-state index in [0.29, 0.717) is 19.3 Å². The van der Waals surface area contributed by atoms with Crippen LogP contribution in [0.5, 0.6) is 0 Å². The van der Waals surface area contributed by atoms with Gasteiger partial charge in [0.05, 0.1) is 19.1 Å². The summed E-state index contributed by atoms with van der Waals surface area (Å²) < 4.78 is 0. The van der Waals surface area contributed by atoms with Crippen LogP contribution in [0.1, 0.15) is 128 Å². The Kier molecular flexibility index (Phi) is 25.0. The molecule has 12 N–H and O–H groups in total. The number of aliphatic hydroxyl groups excluding tert-OH is 1. The highest BCUT2D eigenvalue weighted by atomic mass is 16.4. The largest absolute Gasteiger partial charge is 0.481 e. The van der Waals surface area contributed by atoms with Crippen LogP contribution in [-0.4, -0.2) is 170 Å². The minimum Gasteiger partial charge on any atom is -0.481 e. The first-order valence-corrected chi connectivity index (χ1v) is 25.1. The molecule has 0 saturated carbocycles. The van der Waals surface area contributed by atoms with E-state index in [1.54, 1.807) is 55.4 Å². The van der Waals surface area contributed by atoms with Crippen LogP contribution in [0.2, 0.25) is 0 Å². The van der Waals surface area contributed by atoms with Crippen LogP contribution in [0.4, 0.5) is 0 Å². The topological polar surface area (TPSA) is 365 Å². The normalized spacial score (nSPS) is 19.5. The van der Waals surface area contributed by atoms with Crippen molar-refractivity contribution < 1.29 is 68.1 Å². The molecule has 11 atom stereocenters. The second-order valence-corrected chi connectivity index (χ2v) is 20.6. The monoisotopic (exact) mass is 1020 g/mol. The van der Waals surface area contributed by atoms with E-state index in [4.69, 9.17) is 5.73 Å². The van der Waals surface area contributed by atoms with Gasteiger partial charge in [-0.2, -0.15) is 0 Å². The van der Waals surface area contributed by atoms with Crippen molar-refractivity contribution in [2.24, 2.45) is 35.3 Å². The van der Waals surface area contributed by atoms with Gasteiger partial charge in [-0.3, -0.25) is 47.9 Å². The van der Waals surface area contributed by atoms with Gasteiger partial charge in [-0.15, -0.1) is 0 Å². The molecule has 2 aliphatic heterocycles. The van der Waals surface area contributed by atoms with Gasteiger partial charge in [0.25, 0.3) is 0 Å². The number of aliphatic carboxylic acids is 2. The highest BCUT2D eigenvalue weighted by molar-refractivity contribution is 5.99. The number of hydrogen-bond acceptors (Lipinski definition) is 13. The first kappa shape index (κ1) is 62.2. The van der Waals surface area contributed by atoms with Crippen LogP contribution >= 0.6 is 0 Å². The predicted molar refractivity (Wildman–Crippen MR) is 262 cm³/mol. The van der Waals surface area contributed by atoms with Crippen LogP contribution in [0.3, 0.4) is 0 Å². The van der Waals surface area contributed by atoms with E-state index in [-0.39, 0.29) is 50.6 Å². The van der Waals surface area contributed by atoms with Crippen LogP contribution in [0.15, 0.2) is 0 Å². The number of nitrogens with two attached hydrogens (primary N) is 1. The van der Waals surface area contributed by atoms with Gasteiger partial charge in [0.15, 0.2) is 0 Å². The van der Waals surface area contributed by atoms with Crippen molar-refractivity contribution in [3.05, 3.63) is 0 Å². The number of hydrogen-bond donors (Lipinski definition) is 11. The Hall–Kier alpha value is -5.91. The molecule has 0 aromatic rings. The molecule has 0 aromatic carbocycles. The molecule has 9 amide bonds. The molecule has 0 unspecified atom stereocenters. The lowest BCUT2D eigenvalue weighted by Gasteiger charge is -2.34. The van der Waals surface area contributed by atoms with Gasteiger partial charge >= 0.3 is 11.9 Å². The standard InChI is InChI=1S/C48H82N10O14/c1-12-27(10)39(56-41(64)30(20-24(4)5)52-44(67)36(49)28(11)59)45(68)53-29(19-23(2)3)40(63)51-31(21-35(61)62)42(65)55-37(25(6)7)47(70)58-18-14-16-33(58)46(69)57-17-13-15-32(57)43(66)50-22-34(60)54-38(26(8)9)48(71)72/h23-33,36-39,59H,12-22,49H2,1-11H3,(H,50,66)(H,51,63)(H,52,67)(H,53,68)(H,54,60)(H,55,65)(H,56,64)(H,61,62)(H,71,72)/t27-,28+,29-,30-,31-,32-,33-,36-,37-,38-,39-/m0/s1. The van der Waals surface area contributed by atoms with Crippen molar-refractivity contribution in [2.45, 2.75) is 188 Å². The number of carbonyl (C=O) groups excluding carboxylic acids is 9. The molecule has 2 heterocycles. The highest BCUT2D eigenvalue weighted by Gasteiger charge is 2.45. The van der Waals surface area contributed by atoms with Gasteiger partial charge < -0.3 is 68.1 Å². The zero-order chi connectivity index (χ0) is 54.9. The Labute approximate surface area is 422 Å². The molecule has 0 aliphatic carbocycles. The van der Waals surface area contributed by atoms with Gasteiger partial charge in [-0.1, -0.05) is 75.7 Å². The van der Waals surface area contributed by atoms with Crippen molar-refractivity contribution in [2.75, 3.05) is 19.6 Å². The van der Waals surface area contributed by atoms with Gasteiger partial charge in [0.2, 0.25) is 53.2 Å². The molecule has 2 aliphatic rings. The Balaban J connectivity index is 2.30. The van der Waals surface area contributed by atoms with Crippen LogP contribution in [0, 0.1) is 29.6 Å². The van der Waals surface area contributed by atoms with Crippen molar-refractivity contribution in [1.29, 1.82) is 0 Å². The lowest BCUT2D eigenvalue weighted by atomic mass is 9.95. The zero-order valence-electron chi connectivity index (χ0n) is 43.7. The third kappa shape index (κ3) is 18.6. The first-order chi connectivity index (χ1) is 33.5. The average Bonchev–Trinajstić information content (AvgIpc) is 3.99. The molecule has 0 spiro atoms. The van der Waals surface area contributed by atoms with E-state index in [1.807, 2.05) is 13.8 Å². The summed E-state index contributed by atoms with van der Waals surface area (Å²) in [6, 6.07) is -11.3. The number of nitrogens with one attached hydrogen (secondary N) is 7. The third-order valence-corrected chi connectivity index (χ3v) is 12.9. The number of carbonyl (C=O) groups is 11. The molecule has 24 heteroatoms. The number of nitrogens with zero attached hydrogens (tertiary/aromatic N) is 2. The minimum absolute atomic E-state index is 0.0152. The molecule has 0 radical (unpaired) electrons. The summed E-state index contributed by atoms with van der Waals surface area (Å²) in [7, 11) is 0. The van der Waals surface area contributed by atoms with Crippen LogP contribution in [0.25, 0.3) is 0 Å². The van der Waals surface area contributed by atoms with Gasteiger partial charge in [-0.25, -0.2) is 4.79 Å². The number of amides is 9. The zero-order valence-corrected chi connectivity index (χ0v) is 43.7. The van der Waals surface area contributed by atoms with E-state index < -0.39 is 156 Å². The van der Waals surface area contributed by atoms with Crippen molar-refractivity contribution in [3.8, 4) is 0 Å². The van der Waals surface area contributed by atoms with Crippen LogP contribution in [-0.2, 0) is 52.7 Å². The lowest BCUT2D eigenvalue weighted by Crippen LogP contribution is -2.62. The summed E-state index contributed by atoms with van der Waals surface area (Å²) in [5.74, 6) is -11.3. The summed E-state index contributed by atoms with van der Waals surface area (Å²) in [5.41, 5.74) is 5.80. The fraction of sp³-hybridized carbons (Fsp3) is 0.771. The molecular formula is C48H82N10O14. The Morgan fingerprint density at radius 2 is 1.06 bits per heavy atom. The van der Waals surface area contributed by atoms with E-state index in [0.717, 1.165) is 0 Å². The van der Waals surface area contributed by atoms with Gasteiger partial charge in [-0.05, 0) is 75.0 Å². The van der Waals surface area contributed by atoms with Crippen molar-refractivity contribution in [1.82, 2.24) is 47.0 Å². The van der Waals surface area contributed by atoms with Crippen molar-refractivity contribution >= 4 is 65.1 Å². The highest BCUT2D eigenvalue weighted by Crippen LogP contribution is 2.27. The van der Waals surface area contributed by atoms with E-state index in [1.165, 1.54) is 16.7 Å². The fourth-order valence-electron chi connectivity index (χ4n) is 8.52. The summed E-state index contributed by atoms with van der Waals surface area (Å²) in [6.07, 6.45) is -0.205. The number of rotatable bonds is 28. The Morgan fingerprint density at radius 3 is 1.54 bits per heavy atom. The summed E-state index contributed by atoms with van der Waals surface area (Å²) >= 11 is 0. The summed E-state index contributed by atoms with van der Waals surface area (Å²) in [4.78, 5) is 149. The number of carboxylic acids is 2. The van der Waals surface area contributed by atoms with E-state index in [9.17, 15) is 68.1 Å². The average molecular weight is 1020 g/mol. The maximum absolute atomic E-state index is 14.3. The maximum Gasteiger partial charge on any atom is 0.326 e. The first-order valence-electron chi connectivity index (χ1n) is 25.1. The SMILES string of the molecule is CC[C@H](C)[C@H](NC(=O)[C@H](CC(C)C)NC(=O)[C@@H](N)[C@@H](C)O)C(=O)N[C@@H](CC(C)C)C(=O)N[C@@H](CC(=O)O)C(=O)N[C@H](C(=O)N1CCC[C@H]1C(=O)N1CCC[C@H]1C(=O)NCC(=O)N[C@H](C(=O)O)C(C)C)C(C)C. The minimum atomic E-state index is -1.75. The molecule has 2 fully saturated rings. The molecule has 408 valence electrons. The lowest BCUT2D eigenvalue weighted by molar-refractivity contribution is -0.148. The third-order valence-electron chi connectivity index (χ3n) is 12.9. The van der Waals surface area contributed by atoms with Crippen molar-refractivity contribution in [3.63, 3.8) is 0 Å². The molecule has 2 saturated heterocycles. The predicted octanol–water partition coefficient (Wildman–Crippen LogP) is -1.29. The van der Waals surface area contributed by atoms with E-state index in [2.05, 4.69) is 37.2 Å². The second-order valence-electron chi connectivity index (χ2n) is 20.6. The van der Waals surface area contributed by atoms with Gasteiger partial charge in [0.1, 0.15) is 54.4 Å². The number of likely N-dealkylation sites (tertiary alicyclic amines) is 2.